The van der Waals surface area contributed by atoms with Crippen LogP contribution < -0.4 is 19.3 Å². The van der Waals surface area contributed by atoms with Gasteiger partial charge in [-0.05, 0) is 105 Å². The number of carbonyl (C=O) groups excluding carboxylic acids is 4. The summed E-state index contributed by atoms with van der Waals surface area (Å²) in [5.41, 5.74) is 1.17. The smallest absolute Gasteiger partial charge is 0.238 e. The van der Waals surface area contributed by atoms with Crippen molar-refractivity contribution < 1.29 is 33.4 Å². The zero-order chi connectivity index (χ0) is 29.4. The predicted octanol–water partition coefficient (Wildman–Crippen LogP) is 4.35. The monoisotopic (exact) mass is 582 g/mol. The number of benzene rings is 2. The number of carbonyl (C=O) groups is 4. The third-order valence-electron chi connectivity index (χ3n) is 10.6. The third-order valence-corrected chi connectivity index (χ3v) is 10.6. The van der Waals surface area contributed by atoms with Crippen LogP contribution in [0.4, 0.5) is 11.4 Å². The molecule has 6 aliphatic rings. The number of allylic oxidation sites excluding steroid dienone is 2. The van der Waals surface area contributed by atoms with Crippen molar-refractivity contribution in [2.24, 2.45) is 47.3 Å². The molecule has 0 spiro atoms. The summed E-state index contributed by atoms with van der Waals surface area (Å²) in [6.07, 6.45) is 7.69. The molecule has 0 radical (unpaired) electrons. The number of fused-ring (bicyclic) bond motifs is 10. The molecule has 9 nitrogen and oxygen atoms in total. The van der Waals surface area contributed by atoms with Gasteiger partial charge in [-0.2, -0.15) is 0 Å². The lowest BCUT2D eigenvalue weighted by molar-refractivity contribution is -0.124. The summed E-state index contributed by atoms with van der Waals surface area (Å²) in [5.74, 6) is 1.29. The quantitative estimate of drug-likeness (QED) is 0.187. The second-order valence-corrected chi connectivity index (χ2v) is 12.8. The van der Waals surface area contributed by atoms with Crippen molar-refractivity contribution in [1.29, 1.82) is 0 Å². The molecule has 9 heteroatoms. The molecule has 9 atom stereocenters. The van der Waals surface area contributed by atoms with Gasteiger partial charge in [0.15, 0.2) is 6.29 Å². The SMILES string of the molecule is CC(OCCOc1ccc(N2C(=O)C3C4CCC(C4)C3C2=O)cc1)Oc1ccc(N2C(=O)C3C4C=CC(C4)C3C2=O)cc1. The molecule has 4 bridgehead atoms. The van der Waals surface area contributed by atoms with E-state index in [0.717, 1.165) is 25.7 Å². The summed E-state index contributed by atoms with van der Waals surface area (Å²) in [7, 11) is 0. The summed E-state index contributed by atoms with van der Waals surface area (Å²) in [6, 6.07) is 14.0. The fourth-order valence-electron chi connectivity index (χ4n) is 8.78. The zero-order valence-electron chi connectivity index (χ0n) is 24.0. The van der Waals surface area contributed by atoms with Crippen molar-refractivity contribution in [3.63, 3.8) is 0 Å². The molecule has 2 aromatic rings. The first-order valence-corrected chi connectivity index (χ1v) is 15.4. The normalized spacial score (nSPS) is 34.0. The number of ether oxygens (including phenoxy) is 3. The van der Waals surface area contributed by atoms with Crippen LogP contribution in [-0.4, -0.2) is 43.1 Å². The molecule has 0 aromatic heterocycles. The Labute approximate surface area is 249 Å². The van der Waals surface area contributed by atoms with E-state index in [1.54, 1.807) is 55.5 Å². The van der Waals surface area contributed by atoms with Gasteiger partial charge >= 0.3 is 0 Å². The van der Waals surface area contributed by atoms with Gasteiger partial charge in [0.25, 0.3) is 0 Å². The van der Waals surface area contributed by atoms with Crippen LogP contribution in [0.1, 0.15) is 32.6 Å². The van der Waals surface area contributed by atoms with Crippen LogP contribution in [0.15, 0.2) is 60.7 Å². The summed E-state index contributed by atoms with van der Waals surface area (Å²) < 4.78 is 17.4. The largest absolute Gasteiger partial charge is 0.491 e. The van der Waals surface area contributed by atoms with E-state index in [2.05, 4.69) is 12.2 Å². The van der Waals surface area contributed by atoms with E-state index in [1.165, 1.54) is 9.80 Å². The van der Waals surface area contributed by atoms with Crippen LogP contribution in [-0.2, 0) is 23.9 Å². The van der Waals surface area contributed by atoms with E-state index >= 15 is 0 Å². The van der Waals surface area contributed by atoms with E-state index in [0.29, 0.717) is 41.3 Å². The van der Waals surface area contributed by atoms with Crippen LogP contribution in [0.2, 0.25) is 0 Å². The maximum Gasteiger partial charge on any atom is 0.238 e. The highest BCUT2D eigenvalue weighted by molar-refractivity contribution is 6.23. The topological polar surface area (TPSA) is 102 Å². The van der Waals surface area contributed by atoms with Crippen LogP contribution in [0.25, 0.3) is 0 Å². The van der Waals surface area contributed by atoms with E-state index in [-0.39, 0.29) is 65.7 Å². The number of imide groups is 2. The van der Waals surface area contributed by atoms with Gasteiger partial charge in [0.05, 0.1) is 41.7 Å². The van der Waals surface area contributed by atoms with Crippen molar-refractivity contribution in [3.05, 3.63) is 60.7 Å². The van der Waals surface area contributed by atoms with Crippen molar-refractivity contribution in [1.82, 2.24) is 0 Å². The van der Waals surface area contributed by atoms with E-state index in [9.17, 15) is 19.2 Å². The first kappa shape index (κ1) is 26.6. The standard InChI is InChI=1S/C34H34N2O7/c1-18(43-26-12-8-24(9-13-26)36-33(39)29-21-4-5-22(17-21)30(29)34(36)40)41-14-15-42-25-10-6-23(7-11-25)35-31(37)27-19-2-3-20(16-19)28(27)32(35)38/h4-13,18-22,27-30H,2-3,14-17H2,1H3. The highest BCUT2D eigenvalue weighted by atomic mass is 16.7. The molecule has 8 rings (SSSR count). The first-order chi connectivity index (χ1) is 20.9. The molecule has 43 heavy (non-hydrogen) atoms. The maximum atomic E-state index is 13.1. The lowest BCUT2D eigenvalue weighted by Crippen LogP contribution is -2.32. The molecule has 9 unspecified atom stereocenters. The van der Waals surface area contributed by atoms with Crippen LogP contribution in [0, 0.1) is 47.3 Å². The Bertz CT molecular complexity index is 1460. The minimum Gasteiger partial charge on any atom is -0.491 e. The minimum absolute atomic E-state index is 0.0440. The van der Waals surface area contributed by atoms with Gasteiger partial charge in [0, 0.05) is 0 Å². The molecule has 2 heterocycles. The molecule has 2 saturated heterocycles. The van der Waals surface area contributed by atoms with Crippen molar-refractivity contribution in [2.45, 2.75) is 38.9 Å². The van der Waals surface area contributed by atoms with Gasteiger partial charge in [-0.3, -0.25) is 29.0 Å². The van der Waals surface area contributed by atoms with Crippen LogP contribution in [0.3, 0.4) is 0 Å². The predicted molar refractivity (Wildman–Crippen MR) is 155 cm³/mol. The second-order valence-electron chi connectivity index (χ2n) is 12.8. The summed E-state index contributed by atoms with van der Waals surface area (Å²) >= 11 is 0. The average Bonchev–Trinajstić information content (AvgIpc) is 3.85. The molecule has 4 amide bonds. The van der Waals surface area contributed by atoms with E-state index in [1.807, 2.05) is 0 Å². The highest BCUT2D eigenvalue weighted by Gasteiger charge is 2.61. The van der Waals surface area contributed by atoms with Gasteiger partial charge < -0.3 is 14.2 Å². The molecule has 2 aromatic carbocycles. The van der Waals surface area contributed by atoms with Gasteiger partial charge in [-0.15, -0.1) is 0 Å². The molecule has 3 saturated carbocycles. The zero-order valence-corrected chi connectivity index (χ0v) is 24.0. The van der Waals surface area contributed by atoms with Crippen molar-refractivity contribution in [3.8, 4) is 11.5 Å². The summed E-state index contributed by atoms with van der Waals surface area (Å²) in [5, 5.41) is 0. The van der Waals surface area contributed by atoms with Gasteiger partial charge in [-0.25, -0.2) is 0 Å². The molecule has 0 N–H and O–H groups in total. The average molecular weight is 583 g/mol. The minimum atomic E-state index is -0.546. The number of rotatable bonds is 9. The summed E-state index contributed by atoms with van der Waals surface area (Å²) in [4.78, 5) is 54.9. The summed E-state index contributed by atoms with van der Waals surface area (Å²) in [6.45, 7) is 2.36. The lowest BCUT2D eigenvalue weighted by atomic mass is 9.81. The molecule has 5 fully saturated rings. The number of anilines is 2. The molecule has 4 aliphatic carbocycles. The van der Waals surface area contributed by atoms with Gasteiger partial charge in [-0.1, -0.05) is 12.2 Å². The molecule has 222 valence electrons. The van der Waals surface area contributed by atoms with E-state index < -0.39 is 6.29 Å². The van der Waals surface area contributed by atoms with Crippen molar-refractivity contribution in [2.75, 3.05) is 23.0 Å². The molecular formula is C34H34N2O7. The van der Waals surface area contributed by atoms with Crippen LogP contribution in [0.5, 0.6) is 11.5 Å². The number of nitrogens with zero attached hydrogens (tertiary/aromatic N) is 2. The Morgan fingerprint density at radius 3 is 1.67 bits per heavy atom. The second kappa shape index (κ2) is 10.0. The first-order valence-electron chi connectivity index (χ1n) is 15.4. The van der Waals surface area contributed by atoms with Gasteiger partial charge in [0.2, 0.25) is 23.6 Å². The lowest BCUT2D eigenvalue weighted by Gasteiger charge is -2.19. The molecular weight excluding hydrogens is 548 g/mol. The van der Waals surface area contributed by atoms with Crippen LogP contribution >= 0.6 is 0 Å². The Hall–Kier alpha value is -3.98. The number of amides is 4. The maximum absolute atomic E-state index is 13.1. The Kier molecular flexibility index (Phi) is 6.22. The fourth-order valence-corrected chi connectivity index (χ4v) is 8.78. The third kappa shape index (κ3) is 4.15. The van der Waals surface area contributed by atoms with E-state index in [4.69, 9.17) is 14.2 Å². The van der Waals surface area contributed by atoms with Gasteiger partial charge in [0.1, 0.15) is 18.1 Å². The Morgan fingerprint density at radius 1 is 0.651 bits per heavy atom. The number of hydrogen-bond acceptors (Lipinski definition) is 7. The number of hydrogen-bond donors (Lipinski definition) is 0. The Balaban J connectivity index is 0.803. The molecule has 2 aliphatic heterocycles. The highest BCUT2D eigenvalue weighted by Crippen LogP contribution is 2.57. The fraction of sp³-hybridized carbons (Fsp3) is 0.471. The van der Waals surface area contributed by atoms with Crippen molar-refractivity contribution >= 4 is 35.0 Å². The Morgan fingerprint density at radius 2 is 1.14 bits per heavy atom.